The Morgan fingerprint density at radius 1 is 1.14 bits per heavy atom. The van der Waals surface area contributed by atoms with E-state index in [1.807, 2.05) is 18.2 Å². The lowest BCUT2D eigenvalue weighted by Crippen LogP contribution is -2.32. The molecule has 1 fully saturated rings. The molecule has 0 radical (unpaired) electrons. The number of thiophene rings is 1. The van der Waals surface area contributed by atoms with Gasteiger partial charge in [-0.15, -0.1) is 11.3 Å². The SMILES string of the molecule is O=C(Nc1sc2c(c1C(=O)NCC1CCCO1)CCCC2)c1ccccc1Br. The van der Waals surface area contributed by atoms with Crippen LogP contribution in [-0.4, -0.2) is 31.1 Å². The van der Waals surface area contributed by atoms with E-state index in [2.05, 4.69) is 26.6 Å². The van der Waals surface area contributed by atoms with Crippen molar-refractivity contribution in [2.45, 2.75) is 44.6 Å². The van der Waals surface area contributed by atoms with Gasteiger partial charge in [0.15, 0.2) is 0 Å². The first-order valence-corrected chi connectivity index (χ1v) is 11.3. The zero-order chi connectivity index (χ0) is 19.5. The highest BCUT2D eigenvalue weighted by Gasteiger charge is 2.27. The lowest BCUT2D eigenvalue weighted by atomic mass is 9.95. The number of hydrogen-bond donors (Lipinski definition) is 2. The maximum atomic E-state index is 13.0. The molecule has 1 atom stereocenters. The molecule has 0 saturated carbocycles. The largest absolute Gasteiger partial charge is 0.376 e. The summed E-state index contributed by atoms with van der Waals surface area (Å²) in [6.45, 7) is 1.28. The van der Waals surface area contributed by atoms with E-state index < -0.39 is 0 Å². The van der Waals surface area contributed by atoms with Crippen molar-refractivity contribution in [1.29, 1.82) is 0 Å². The highest BCUT2D eigenvalue weighted by molar-refractivity contribution is 9.10. The molecule has 1 aromatic heterocycles. The van der Waals surface area contributed by atoms with Crippen molar-refractivity contribution in [3.8, 4) is 0 Å². The minimum absolute atomic E-state index is 0.0942. The maximum absolute atomic E-state index is 13.0. The molecule has 148 valence electrons. The molecule has 5 nitrogen and oxygen atoms in total. The molecular weight excluding hydrogens is 440 g/mol. The van der Waals surface area contributed by atoms with Crippen molar-refractivity contribution in [3.63, 3.8) is 0 Å². The zero-order valence-corrected chi connectivity index (χ0v) is 18.0. The summed E-state index contributed by atoms with van der Waals surface area (Å²) in [5, 5.41) is 6.67. The standard InChI is InChI=1S/C21H23BrN2O3S/c22-16-9-3-1-7-14(16)19(25)24-21-18(15-8-2-4-10-17(15)28-21)20(26)23-12-13-6-5-11-27-13/h1,3,7,9,13H,2,4-6,8,10-12H2,(H,23,26)(H,24,25). The number of nitrogens with one attached hydrogen (secondary N) is 2. The Labute approximate surface area is 177 Å². The van der Waals surface area contributed by atoms with E-state index in [9.17, 15) is 9.59 Å². The number of benzene rings is 1. The van der Waals surface area contributed by atoms with Crippen LogP contribution in [0.2, 0.25) is 0 Å². The van der Waals surface area contributed by atoms with Crippen LogP contribution in [0.1, 0.15) is 56.8 Å². The molecular formula is C21H23BrN2O3S. The Bertz CT molecular complexity index is 890. The average Bonchev–Trinajstić information content (AvgIpc) is 3.33. The number of rotatable bonds is 5. The normalized spacial score (nSPS) is 18.5. The summed E-state index contributed by atoms with van der Waals surface area (Å²) < 4.78 is 6.35. The van der Waals surface area contributed by atoms with Crippen LogP contribution in [-0.2, 0) is 17.6 Å². The molecule has 28 heavy (non-hydrogen) atoms. The molecule has 4 rings (SSSR count). The Morgan fingerprint density at radius 2 is 1.96 bits per heavy atom. The predicted molar refractivity (Wildman–Crippen MR) is 114 cm³/mol. The maximum Gasteiger partial charge on any atom is 0.257 e. The molecule has 2 heterocycles. The van der Waals surface area contributed by atoms with Gasteiger partial charge in [0.05, 0.1) is 17.2 Å². The van der Waals surface area contributed by atoms with Gasteiger partial charge in [0, 0.05) is 22.5 Å². The summed E-state index contributed by atoms with van der Waals surface area (Å²) in [6, 6.07) is 7.30. The van der Waals surface area contributed by atoms with Gasteiger partial charge in [-0.05, 0) is 72.2 Å². The van der Waals surface area contributed by atoms with Crippen molar-refractivity contribution < 1.29 is 14.3 Å². The van der Waals surface area contributed by atoms with E-state index in [-0.39, 0.29) is 17.9 Å². The number of halogens is 1. The number of aryl methyl sites for hydroxylation is 1. The fourth-order valence-electron chi connectivity index (χ4n) is 3.81. The minimum Gasteiger partial charge on any atom is -0.376 e. The van der Waals surface area contributed by atoms with Gasteiger partial charge in [0.25, 0.3) is 11.8 Å². The van der Waals surface area contributed by atoms with Crippen LogP contribution in [0.5, 0.6) is 0 Å². The van der Waals surface area contributed by atoms with E-state index in [0.717, 1.165) is 55.2 Å². The van der Waals surface area contributed by atoms with Gasteiger partial charge in [-0.1, -0.05) is 12.1 Å². The second kappa shape index (κ2) is 8.76. The third kappa shape index (κ3) is 4.16. The second-order valence-electron chi connectivity index (χ2n) is 7.19. The van der Waals surface area contributed by atoms with Crippen molar-refractivity contribution in [1.82, 2.24) is 5.32 Å². The van der Waals surface area contributed by atoms with Crippen LogP contribution < -0.4 is 10.6 Å². The van der Waals surface area contributed by atoms with Crippen molar-refractivity contribution >= 4 is 44.1 Å². The fourth-order valence-corrected chi connectivity index (χ4v) is 5.56. The van der Waals surface area contributed by atoms with Gasteiger partial charge in [0.2, 0.25) is 0 Å². The van der Waals surface area contributed by atoms with Crippen LogP contribution in [0.15, 0.2) is 28.7 Å². The second-order valence-corrected chi connectivity index (χ2v) is 9.15. The molecule has 2 N–H and O–H groups in total. The molecule has 0 bridgehead atoms. The number of carbonyl (C=O) groups excluding carboxylic acids is 2. The molecule has 1 aliphatic carbocycles. The smallest absolute Gasteiger partial charge is 0.257 e. The monoisotopic (exact) mass is 462 g/mol. The molecule has 2 aliphatic rings. The number of carbonyl (C=O) groups is 2. The predicted octanol–water partition coefficient (Wildman–Crippen LogP) is 4.55. The van der Waals surface area contributed by atoms with Crippen LogP contribution in [0.4, 0.5) is 5.00 Å². The third-order valence-corrected chi connectivity index (χ3v) is 7.16. The highest BCUT2D eigenvalue weighted by Crippen LogP contribution is 2.38. The van der Waals surface area contributed by atoms with Gasteiger partial charge in [-0.2, -0.15) is 0 Å². The summed E-state index contributed by atoms with van der Waals surface area (Å²) in [6.07, 6.45) is 6.18. The topological polar surface area (TPSA) is 67.4 Å². The molecule has 0 spiro atoms. The number of hydrogen-bond acceptors (Lipinski definition) is 4. The molecule has 1 aliphatic heterocycles. The van der Waals surface area contributed by atoms with E-state index in [4.69, 9.17) is 4.74 Å². The van der Waals surface area contributed by atoms with Crippen LogP contribution in [0, 0.1) is 0 Å². The van der Waals surface area contributed by atoms with Crippen LogP contribution in [0.3, 0.4) is 0 Å². The Morgan fingerprint density at radius 3 is 2.75 bits per heavy atom. The fraction of sp³-hybridized carbons (Fsp3) is 0.429. The van der Waals surface area contributed by atoms with Crippen molar-refractivity contribution in [2.24, 2.45) is 0 Å². The Balaban J connectivity index is 1.57. The van der Waals surface area contributed by atoms with Gasteiger partial charge in [0.1, 0.15) is 5.00 Å². The van der Waals surface area contributed by atoms with Gasteiger partial charge in [-0.25, -0.2) is 0 Å². The molecule has 2 amide bonds. The van der Waals surface area contributed by atoms with Gasteiger partial charge in [-0.3, -0.25) is 9.59 Å². The highest BCUT2D eigenvalue weighted by atomic mass is 79.9. The molecule has 1 aromatic carbocycles. The van der Waals surface area contributed by atoms with Crippen molar-refractivity contribution in [2.75, 3.05) is 18.5 Å². The van der Waals surface area contributed by atoms with Gasteiger partial charge >= 0.3 is 0 Å². The molecule has 1 saturated heterocycles. The minimum atomic E-state index is -0.209. The Kier molecular flexibility index (Phi) is 6.13. The summed E-state index contributed by atoms with van der Waals surface area (Å²) in [5.41, 5.74) is 2.29. The molecule has 2 aromatic rings. The van der Waals surface area contributed by atoms with Crippen molar-refractivity contribution in [3.05, 3.63) is 50.3 Å². The molecule has 7 heteroatoms. The zero-order valence-electron chi connectivity index (χ0n) is 15.6. The lowest BCUT2D eigenvalue weighted by molar-refractivity contribution is 0.0858. The first kappa shape index (κ1) is 19.6. The summed E-state index contributed by atoms with van der Waals surface area (Å²) >= 11 is 4.96. The number of anilines is 1. The lowest BCUT2D eigenvalue weighted by Gasteiger charge is -2.15. The van der Waals surface area contributed by atoms with Crippen LogP contribution in [0.25, 0.3) is 0 Å². The Hall–Kier alpha value is -1.70. The summed E-state index contributed by atoms with van der Waals surface area (Å²) in [5.74, 6) is -0.323. The van der Waals surface area contributed by atoms with E-state index in [1.165, 1.54) is 16.2 Å². The average molecular weight is 463 g/mol. The number of amides is 2. The van der Waals surface area contributed by atoms with Gasteiger partial charge < -0.3 is 15.4 Å². The van der Waals surface area contributed by atoms with Crippen LogP contribution >= 0.6 is 27.3 Å². The van der Waals surface area contributed by atoms with E-state index >= 15 is 0 Å². The summed E-state index contributed by atoms with van der Waals surface area (Å²) in [7, 11) is 0. The number of ether oxygens (including phenoxy) is 1. The number of fused-ring (bicyclic) bond motifs is 1. The van der Waals surface area contributed by atoms with E-state index in [0.29, 0.717) is 22.7 Å². The first-order valence-electron chi connectivity index (χ1n) is 9.73. The van der Waals surface area contributed by atoms with E-state index in [1.54, 1.807) is 6.07 Å². The first-order chi connectivity index (χ1) is 13.6. The summed E-state index contributed by atoms with van der Waals surface area (Å²) in [4.78, 5) is 27.0. The quantitative estimate of drug-likeness (QED) is 0.684. The third-order valence-electron chi connectivity index (χ3n) is 5.26. The molecule has 1 unspecified atom stereocenters.